The van der Waals surface area contributed by atoms with Crippen molar-refractivity contribution >= 4 is 16.0 Å². The predicted molar refractivity (Wildman–Crippen MR) is 103 cm³/mol. The standard InChI is InChI=1S/C20H25NO5S/c1-15-5-6-17(13-16(15)2)14-20(22)26-12-11-25-18-7-9-19(10-8-18)27(23,24)21(3)4/h5-10,13H,11-12,14H2,1-4H3. The quantitative estimate of drug-likeness (QED) is 0.511. The fourth-order valence-electron chi connectivity index (χ4n) is 2.36. The van der Waals surface area contributed by atoms with Crippen LogP contribution in [0, 0.1) is 13.8 Å². The van der Waals surface area contributed by atoms with E-state index < -0.39 is 10.0 Å². The molecule has 0 atom stereocenters. The van der Waals surface area contributed by atoms with Crippen LogP contribution in [-0.4, -0.2) is 46.0 Å². The monoisotopic (exact) mass is 391 g/mol. The van der Waals surface area contributed by atoms with E-state index in [2.05, 4.69) is 0 Å². The fourth-order valence-corrected chi connectivity index (χ4v) is 3.27. The van der Waals surface area contributed by atoms with Gasteiger partial charge in [-0.15, -0.1) is 0 Å². The molecule has 0 aliphatic rings. The summed E-state index contributed by atoms with van der Waals surface area (Å²) in [6.07, 6.45) is 0.220. The van der Waals surface area contributed by atoms with Gasteiger partial charge in [0.05, 0.1) is 11.3 Å². The van der Waals surface area contributed by atoms with Crippen molar-refractivity contribution in [3.05, 3.63) is 59.2 Å². The van der Waals surface area contributed by atoms with Crippen LogP contribution in [0.2, 0.25) is 0 Å². The molecular weight excluding hydrogens is 366 g/mol. The molecule has 27 heavy (non-hydrogen) atoms. The minimum atomic E-state index is -3.46. The zero-order valence-electron chi connectivity index (χ0n) is 16.1. The van der Waals surface area contributed by atoms with Gasteiger partial charge < -0.3 is 9.47 Å². The number of carbonyl (C=O) groups is 1. The van der Waals surface area contributed by atoms with Gasteiger partial charge in [0.2, 0.25) is 10.0 Å². The van der Waals surface area contributed by atoms with E-state index in [9.17, 15) is 13.2 Å². The van der Waals surface area contributed by atoms with Crippen LogP contribution in [0.5, 0.6) is 5.75 Å². The highest BCUT2D eigenvalue weighted by molar-refractivity contribution is 7.89. The third-order valence-electron chi connectivity index (χ3n) is 4.14. The molecule has 0 radical (unpaired) electrons. The number of ether oxygens (including phenoxy) is 2. The first-order valence-corrected chi connectivity index (χ1v) is 10.0. The third-order valence-corrected chi connectivity index (χ3v) is 5.97. The van der Waals surface area contributed by atoms with Crippen molar-refractivity contribution in [2.75, 3.05) is 27.3 Å². The molecule has 0 amide bonds. The third kappa shape index (κ3) is 5.80. The van der Waals surface area contributed by atoms with E-state index in [0.717, 1.165) is 15.4 Å². The first kappa shape index (κ1) is 20.9. The summed E-state index contributed by atoms with van der Waals surface area (Å²) in [7, 11) is -0.501. The molecule has 0 aromatic heterocycles. The Morgan fingerprint density at radius 1 is 0.963 bits per heavy atom. The van der Waals surface area contributed by atoms with Gasteiger partial charge in [0.1, 0.15) is 19.0 Å². The lowest BCUT2D eigenvalue weighted by molar-refractivity contribution is -0.143. The Hall–Kier alpha value is -2.38. The van der Waals surface area contributed by atoms with Gasteiger partial charge in [-0.3, -0.25) is 4.79 Å². The van der Waals surface area contributed by atoms with Gasteiger partial charge in [0.25, 0.3) is 0 Å². The van der Waals surface area contributed by atoms with Crippen molar-refractivity contribution in [1.82, 2.24) is 4.31 Å². The van der Waals surface area contributed by atoms with Crippen LogP contribution in [0.4, 0.5) is 0 Å². The topological polar surface area (TPSA) is 72.9 Å². The van der Waals surface area contributed by atoms with Crippen LogP contribution in [0.25, 0.3) is 0 Å². The van der Waals surface area contributed by atoms with Crippen molar-refractivity contribution in [2.24, 2.45) is 0 Å². The molecule has 0 aliphatic carbocycles. The molecule has 6 nitrogen and oxygen atoms in total. The van der Waals surface area contributed by atoms with Crippen molar-refractivity contribution in [2.45, 2.75) is 25.2 Å². The van der Waals surface area contributed by atoms with Gasteiger partial charge >= 0.3 is 5.97 Å². The predicted octanol–water partition coefficient (Wildman–Crippen LogP) is 2.72. The van der Waals surface area contributed by atoms with Crippen molar-refractivity contribution in [1.29, 1.82) is 0 Å². The molecule has 0 N–H and O–H groups in total. The summed E-state index contributed by atoms with van der Waals surface area (Å²) in [5.74, 6) is 0.201. The van der Waals surface area contributed by atoms with E-state index in [1.54, 1.807) is 12.1 Å². The van der Waals surface area contributed by atoms with Gasteiger partial charge in [-0.25, -0.2) is 12.7 Å². The van der Waals surface area contributed by atoms with Crippen molar-refractivity contribution < 1.29 is 22.7 Å². The van der Waals surface area contributed by atoms with Gasteiger partial charge in [0.15, 0.2) is 0 Å². The highest BCUT2D eigenvalue weighted by Gasteiger charge is 2.16. The molecule has 0 aliphatic heterocycles. The second kappa shape index (κ2) is 9.01. The summed E-state index contributed by atoms with van der Waals surface area (Å²) < 4.78 is 35.8. The van der Waals surface area contributed by atoms with E-state index in [1.807, 2.05) is 32.0 Å². The Bertz CT molecular complexity index is 889. The van der Waals surface area contributed by atoms with Crippen LogP contribution in [0.1, 0.15) is 16.7 Å². The first-order valence-electron chi connectivity index (χ1n) is 8.57. The minimum absolute atomic E-state index is 0.126. The van der Waals surface area contributed by atoms with Crippen LogP contribution in [0.3, 0.4) is 0 Å². The smallest absolute Gasteiger partial charge is 0.310 e. The maximum atomic E-state index is 12.0. The minimum Gasteiger partial charge on any atom is -0.490 e. The average molecular weight is 391 g/mol. The number of esters is 1. The molecule has 0 spiro atoms. The first-order chi connectivity index (χ1) is 12.7. The number of sulfonamides is 1. The van der Waals surface area contributed by atoms with E-state index >= 15 is 0 Å². The summed E-state index contributed by atoms with van der Waals surface area (Å²) in [6, 6.07) is 12.0. The Morgan fingerprint density at radius 2 is 1.63 bits per heavy atom. The SMILES string of the molecule is Cc1ccc(CC(=O)OCCOc2ccc(S(=O)(=O)N(C)C)cc2)cc1C. The van der Waals surface area contributed by atoms with E-state index in [0.29, 0.717) is 5.75 Å². The maximum absolute atomic E-state index is 12.0. The number of nitrogens with zero attached hydrogens (tertiary/aromatic N) is 1. The lowest BCUT2D eigenvalue weighted by Crippen LogP contribution is -2.22. The molecule has 0 bridgehead atoms. The Morgan fingerprint density at radius 3 is 2.22 bits per heavy atom. The average Bonchev–Trinajstić information content (AvgIpc) is 2.62. The Kier molecular flexibility index (Phi) is 6.98. The summed E-state index contributed by atoms with van der Waals surface area (Å²) in [4.78, 5) is 12.1. The Labute approximate surface area is 160 Å². The molecule has 0 saturated carbocycles. The number of hydrogen-bond donors (Lipinski definition) is 0. The Balaban J connectivity index is 1.78. The molecule has 0 fully saturated rings. The molecule has 146 valence electrons. The van der Waals surface area contributed by atoms with Gasteiger partial charge in [-0.2, -0.15) is 0 Å². The van der Waals surface area contributed by atoms with Crippen LogP contribution in [0.15, 0.2) is 47.4 Å². The lowest BCUT2D eigenvalue weighted by atomic mass is 10.0. The largest absolute Gasteiger partial charge is 0.490 e. The number of carbonyl (C=O) groups excluding carboxylic acids is 1. The molecule has 2 aromatic carbocycles. The van der Waals surface area contributed by atoms with E-state index in [-0.39, 0.29) is 30.5 Å². The molecule has 0 unspecified atom stereocenters. The number of hydrogen-bond acceptors (Lipinski definition) is 5. The summed E-state index contributed by atoms with van der Waals surface area (Å²) in [6.45, 7) is 4.35. The fraction of sp³-hybridized carbons (Fsp3) is 0.350. The highest BCUT2D eigenvalue weighted by atomic mass is 32.2. The second-order valence-corrected chi connectivity index (χ2v) is 8.57. The van der Waals surface area contributed by atoms with E-state index in [1.165, 1.54) is 31.8 Å². The molecule has 7 heteroatoms. The number of benzene rings is 2. The maximum Gasteiger partial charge on any atom is 0.310 e. The molecule has 2 aromatic rings. The second-order valence-electron chi connectivity index (χ2n) is 6.42. The normalized spacial score (nSPS) is 11.4. The van der Waals surface area contributed by atoms with Gasteiger partial charge in [-0.1, -0.05) is 18.2 Å². The van der Waals surface area contributed by atoms with Crippen LogP contribution < -0.4 is 4.74 Å². The van der Waals surface area contributed by atoms with Crippen molar-refractivity contribution in [3.63, 3.8) is 0 Å². The zero-order chi connectivity index (χ0) is 20.0. The summed E-state index contributed by atoms with van der Waals surface area (Å²) in [5.41, 5.74) is 3.25. The molecule has 0 saturated heterocycles. The lowest BCUT2D eigenvalue weighted by Gasteiger charge is -2.12. The highest BCUT2D eigenvalue weighted by Crippen LogP contribution is 2.18. The van der Waals surface area contributed by atoms with Crippen LogP contribution >= 0.6 is 0 Å². The summed E-state index contributed by atoms with van der Waals surface area (Å²) in [5, 5.41) is 0. The van der Waals surface area contributed by atoms with Gasteiger partial charge in [0, 0.05) is 14.1 Å². The number of aryl methyl sites for hydroxylation is 2. The van der Waals surface area contributed by atoms with Gasteiger partial charge in [-0.05, 0) is 54.8 Å². The molecule has 0 heterocycles. The van der Waals surface area contributed by atoms with E-state index in [4.69, 9.17) is 9.47 Å². The number of rotatable bonds is 8. The molecule has 2 rings (SSSR count). The zero-order valence-corrected chi connectivity index (χ0v) is 16.9. The summed E-state index contributed by atoms with van der Waals surface area (Å²) >= 11 is 0. The molecular formula is C20H25NO5S. The van der Waals surface area contributed by atoms with Crippen molar-refractivity contribution in [3.8, 4) is 5.75 Å². The van der Waals surface area contributed by atoms with Crippen LogP contribution in [-0.2, 0) is 26.0 Å².